The van der Waals surface area contributed by atoms with Crippen LogP contribution >= 0.6 is 24.0 Å². The molecule has 29 heavy (non-hydrogen) atoms. The lowest BCUT2D eigenvalue weighted by molar-refractivity contribution is -0.0454. The van der Waals surface area contributed by atoms with E-state index in [9.17, 15) is 0 Å². The second kappa shape index (κ2) is 11.5. The van der Waals surface area contributed by atoms with Gasteiger partial charge in [-0.15, -0.1) is 24.0 Å². The van der Waals surface area contributed by atoms with E-state index in [0.29, 0.717) is 18.6 Å². The van der Waals surface area contributed by atoms with Gasteiger partial charge in [-0.25, -0.2) is 0 Å². The topological polar surface area (TPSA) is 49.3 Å². The lowest BCUT2D eigenvalue weighted by Gasteiger charge is -2.35. The van der Waals surface area contributed by atoms with E-state index >= 15 is 0 Å². The molecule has 0 saturated carbocycles. The number of hydrogen-bond acceptors (Lipinski definition) is 4. The van der Waals surface area contributed by atoms with Crippen molar-refractivity contribution in [2.75, 3.05) is 53.0 Å². The summed E-state index contributed by atoms with van der Waals surface area (Å²) >= 11 is 0. The molecule has 3 heterocycles. The van der Waals surface area contributed by atoms with Crippen molar-refractivity contribution in [3.63, 3.8) is 0 Å². The lowest BCUT2D eigenvalue weighted by atomic mass is 10.1. The summed E-state index contributed by atoms with van der Waals surface area (Å²) in [4.78, 5) is 9.46. The minimum absolute atomic E-state index is 0. The molecule has 1 aromatic rings. The molecule has 0 amide bonds. The Morgan fingerprint density at radius 2 is 2.07 bits per heavy atom. The average molecular weight is 514 g/mol. The summed E-state index contributed by atoms with van der Waals surface area (Å²) in [6.45, 7) is 7.55. The summed E-state index contributed by atoms with van der Waals surface area (Å²) in [5.41, 5.74) is 1.24. The summed E-state index contributed by atoms with van der Waals surface area (Å²) in [5, 5.41) is 3.55. The maximum absolute atomic E-state index is 6.07. The van der Waals surface area contributed by atoms with Gasteiger partial charge in [0.2, 0.25) is 0 Å². The van der Waals surface area contributed by atoms with E-state index < -0.39 is 0 Å². The number of nitrogens with one attached hydrogen (secondary N) is 1. The molecule has 3 atom stereocenters. The van der Waals surface area contributed by atoms with Crippen LogP contribution in [0.1, 0.15) is 24.8 Å². The zero-order chi connectivity index (χ0) is 19.2. The maximum Gasteiger partial charge on any atom is 0.193 e. The lowest BCUT2D eigenvalue weighted by Crippen LogP contribution is -2.51. The zero-order valence-electron chi connectivity index (χ0n) is 17.5. The third-order valence-corrected chi connectivity index (χ3v) is 6.21. The third kappa shape index (κ3) is 6.29. The Hall–Kier alpha value is -0.900. The molecule has 1 N–H and O–H groups in total. The molecule has 7 heteroatoms. The molecule has 3 fully saturated rings. The summed E-state index contributed by atoms with van der Waals surface area (Å²) in [6, 6.07) is 11.1. The molecule has 1 aromatic carbocycles. The molecule has 162 valence electrons. The number of benzene rings is 1. The van der Waals surface area contributed by atoms with Gasteiger partial charge in [0.05, 0.1) is 25.9 Å². The highest BCUT2D eigenvalue weighted by Gasteiger charge is 2.32. The second-order valence-corrected chi connectivity index (χ2v) is 8.28. The van der Waals surface area contributed by atoms with Gasteiger partial charge < -0.3 is 19.7 Å². The Balaban J connectivity index is 0.00000240. The summed E-state index contributed by atoms with van der Waals surface area (Å²) < 4.78 is 12.0. The van der Waals surface area contributed by atoms with Gasteiger partial charge in [0, 0.05) is 45.2 Å². The van der Waals surface area contributed by atoms with Crippen LogP contribution in [0.5, 0.6) is 0 Å². The normalized spacial score (nSPS) is 27.6. The van der Waals surface area contributed by atoms with E-state index in [1.54, 1.807) is 0 Å². The maximum atomic E-state index is 6.07. The molecule has 0 aliphatic carbocycles. The van der Waals surface area contributed by atoms with Crippen LogP contribution in [0.4, 0.5) is 0 Å². The summed E-state index contributed by atoms with van der Waals surface area (Å²) in [5.74, 6) is 1.57. The predicted octanol–water partition coefficient (Wildman–Crippen LogP) is 2.58. The molecule has 3 aliphatic heterocycles. The Labute approximate surface area is 192 Å². The fraction of sp³-hybridized carbons (Fsp3) is 0.682. The highest BCUT2D eigenvalue weighted by molar-refractivity contribution is 14.0. The largest absolute Gasteiger partial charge is 0.376 e. The molecule has 0 radical (unpaired) electrons. The second-order valence-electron chi connectivity index (χ2n) is 8.28. The van der Waals surface area contributed by atoms with Crippen LogP contribution in [-0.4, -0.2) is 80.9 Å². The number of rotatable bonds is 6. The number of ether oxygens (including phenoxy) is 2. The predicted molar refractivity (Wildman–Crippen MR) is 127 cm³/mol. The molecule has 4 rings (SSSR count). The molecule has 3 aliphatic rings. The minimum Gasteiger partial charge on any atom is -0.376 e. The summed E-state index contributed by atoms with van der Waals surface area (Å²) in [7, 11) is 1.87. The van der Waals surface area contributed by atoms with E-state index in [1.165, 1.54) is 24.9 Å². The van der Waals surface area contributed by atoms with Gasteiger partial charge >= 0.3 is 0 Å². The van der Waals surface area contributed by atoms with Crippen LogP contribution in [0.3, 0.4) is 0 Å². The number of likely N-dealkylation sites (tertiary alicyclic amines) is 1. The van der Waals surface area contributed by atoms with E-state index in [2.05, 4.69) is 44.4 Å². The van der Waals surface area contributed by atoms with Crippen molar-refractivity contribution in [1.29, 1.82) is 0 Å². The Kier molecular flexibility index (Phi) is 9.02. The average Bonchev–Trinajstić information content (AvgIpc) is 3.38. The van der Waals surface area contributed by atoms with Gasteiger partial charge in [0.25, 0.3) is 0 Å². The highest BCUT2D eigenvalue weighted by atomic mass is 127. The van der Waals surface area contributed by atoms with Crippen molar-refractivity contribution < 1.29 is 9.47 Å². The van der Waals surface area contributed by atoms with Crippen molar-refractivity contribution in [2.45, 2.75) is 38.0 Å². The van der Waals surface area contributed by atoms with Gasteiger partial charge in [-0.3, -0.25) is 9.89 Å². The number of fused-ring (bicyclic) bond motifs is 1. The number of guanidine groups is 1. The van der Waals surface area contributed by atoms with E-state index in [0.717, 1.165) is 51.8 Å². The summed E-state index contributed by atoms with van der Waals surface area (Å²) in [6.07, 6.45) is 4.03. The van der Waals surface area contributed by atoms with Gasteiger partial charge in [0.1, 0.15) is 0 Å². The Morgan fingerprint density at radius 1 is 1.21 bits per heavy atom. The van der Waals surface area contributed by atoms with Crippen molar-refractivity contribution in [3.8, 4) is 0 Å². The van der Waals surface area contributed by atoms with Crippen molar-refractivity contribution in [3.05, 3.63) is 35.9 Å². The quantitative estimate of drug-likeness (QED) is 0.360. The van der Waals surface area contributed by atoms with Crippen LogP contribution in [-0.2, 0) is 16.1 Å². The van der Waals surface area contributed by atoms with E-state index in [4.69, 9.17) is 9.47 Å². The number of halogens is 1. The van der Waals surface area contributed by atoms with Gasteiger partial charge in [-0.05, 0) is 31.4 Å². The molecular formula is C22H35IN4O2. The SMILES string of the molecule is CN=C(NCC1CN2CCCC2CO1)N1CCC(COCc2ccccc2)C1.I. The van der Waals surface area contributed by atoms with Crippen LogP contribution in [0.15, 0.2) is 35.3 Å². The van der Waals surface area contributed by atoms with E-state index in [1.807, 2.05) is 13.1 Å². The standard InChI is InChI=1S/C22H34N4O2.HI/c1-23-22(24-12-21-14-25-10-5-8-20(25)17-28-21)26-11-9-19(13-26)16-27-15-18-6-3-2-4-7-18;/h2-4,6-7,19-21H,5,8-17H2,1H3,(H,23,24);1H. The molecule has 0 bridgehead atoms. The highest BCUT2D eigenvalue weighted by Crippen LogP contribution is 2.22. The molecule has 3 saturated heterocycles. The fourth-order valence-corrected chi connectivity index (χ4v) is 4.63. The monoisotopic (exact) mass is 514 g/mol. The van der Waals surface area contributed by atoms with Gasteiger partial charge in [-0.1, -0.05) is 30.3 Å². The first-order chi connectivity index (χ1) is 13.8. The molecule has 3 unspecified atom stereocenters. The van der Waals surface area contributed by atoms with Crippen molar-refractivity contribution in [2.24, 2.45) is 10.9 Å². The molecule has 0 spiro atoms. The van der Waals surface area contributed by atoms with Crippen LogP contribution in [0, 0.1) is 5.92 Å². The third-order valence-electron chi connectivity index (χ3n) is 6.21. The van der Waals surface area contributed by atoms with Gasteiger partial charge in [-0.2, -0.15) is 0 Å². The number of aliphatic imine (C=N–C) groups is 1. The van der Waals surface area contributed by atoms with Crippen molar-refractivity contribution >= 4 is 29.9 Å². The Bertz CT molecular complexity index is 645. The molecule has 0 aromatic heterocycles. The Morgan fingerprint density at radius 3 is 2.90 bits per heavy atom. The fourth-order valence-electron chi connectivity index (χ4n) is 4.63. The first-order valence-corrected chi connectivity index (χ1v) is 10.7. The molecule has 6 nitrogen and oxygen atoms in total. The smallest absolute Gasteiger partial charge is 0.193 e. The number of morpholine rings is 1. The van der Waals surface area contributed by atoms with E-state index in [-0.39, 0.29) is 30.1 Å². The zero-order valence-corrected chi connectivity index (χ0v) is 19.8. The number of hydrogen-bond donors (Lipinski definition) is 1. The van der Waals surface area contributed by atoms with Gasteiger partial charge in [0.15, 0.2) is 5.96 Å². The minimum atomic E-state index is 0. The first kappa shape index (κ1) is 22.8. The number of nitrogens with zero attached hydrogens (tertiary/aromatic N) is 3. The van der Waals surface area contributed by atoms with Crippen LogP contribution in [0.25, 0.3) is 0 Å². The van der Waals surface area contributed by atoms with Crippen LogP contribution < -0.4 is 5.32 Å². The first-order valence-electron chi connectivity index (χ1n) is 10.7. The van der Waals surface area contributed by atoms with Crippen molar-refractivity contribution in [1.82, 2.24) is 15.1 Å². The van der Waals surface area contributed by atoms with Crippen LogP contribution in [0.2, 0.25) is 0 Å². The molecular weight excluding hydrogens is 479 g/mol.